The maximum Gasteiger partial charge on any atom is 0.123 e. The van der Waals surface area contributed by atoms with E-state index in [0.717, 1.165) is 30.1 Å². The van der Waals surface area contributed by atoms with Crippen LogP contribution < -0.4 is 4.74 Å². The highest BCUT2D eigenvalue weighted by molar-refractivity contribution is 5.22. The van der Waals surface area contributed by atoms with Crippen molar-refractivity contribution in [1.82, 2.24) is 0 Å². The average Bonchev–Trinajstić information content (AvgIpc) is 2.73. The lowest BCUT2D eigenvalue weighted by atomic mass is 9.80. The molecule has 3 atom stereocenters. The number of benzene rings is 1. The average molecular weight is 234 g/mol. The van der Waals surface area contributed by atoms with Crippen molar-refractivity contribution in [3.8, 4) is 5.75 Å². The van der Waals surface area contributed by atoms with Crippen LogP contribution in [-0.4, -0.2) is 6.61 Å². The Morgan fingerprint density at radius 1 is 1.06 bits per heavy atom. The van der Waals surface area contributed by atoms with Gasteiger partial charge in [-0.25, -0.2) is 4.39 Å². The molecule has 17 heavy (non-hydrogen) atoms. The van der Waals surface area contributed by atoms with Crippen molar-refractivity contribution >= 4 is 0 Å². The van der Waals surface area contributed by atoms with Gasteiger partial charge in [0.05, 0.1) is 6.61 Å². The van der Waals surface area contributed by atoms with Gasteiger partial charge in [0.2, 0.25) is 0 Å². The molecule has 92 valence electrons. The summed E-state index contributed by atoms with van der Waals surface area (Å²) in [6.45, 7) is 0.809. The molecule has 0 saturated heterocycles. The van der Waals surface area contributed by atoms with Gasteiger partial charge >= 0.3 is 0 Å². The van der Waals surface area contributed by atoms with Crippen LogP contribution in [0.4, 0.5) is 4.39 Å². The molecular weight excluding hydrogens is 215 g/mol. The molecule has 1 aromatic carbocycles. The van der Waals surface area contributed by atoms with E-state index in [1.807, 2.05) is 0 Å². The third-order valence-corrected chi connectivity index (χ3v) is 4.47. The number of hydrogen-bond acceptors (Lipinski definition) is 1. The zero-order valence-corrected chi connectivity index (χ0v) is 10.1. The standard InChI is InChI=1S/C15H19FO/c16-14-5-7-15(8-6-14)17-10-13-4-2-11-1-3-12(13)9-11/h5-8,11-13H,1-4,9-10H2. The molecule has 2 saturated carbocycles. The second kappa shape index (κ2) is 4.67. The highest BCUT2D eigenvalue weighted by Gasteiger charge is 2.35. The molecule has 2 fully saturated rings. The third-order valence-electron chi connectivity index (χ3n) is 4.47. The van der Waals surface area contributed by atoms with Gasteiger partial charge < -0.3 is 4.74 Å². The number of halogens is 1. The van der Waals surface area contributed by atoms with Gasteiger partial charge in [-0.15, -0.1) is 0 Å². The summed E-state index contributed by atoms with van der Waals surface area (Å²) in [6.07, 6.45) is 6.93. The Hall–Kier alpha value is -1.05. The van der Waals surface area contributed by atoms with E-state index in [1.54, 1.807) is 12.1 Å². The number of hydrogen-bond donors (Lipinski definition) is 0. The minimum Gasteiger partial charge on any atom is -0.493 e. The first-order chi connectivity index (χ1) is 8.31. The van der Waals surface area contributed by atoms with Crippen molar-refractivity contribution in [1.29, 1.82) is 0 Å². The molecule has 0 aromatic heterocycles. The van der Waals surface area contributed by atoms with Crippen molar-refractivity contribution in [2.24, 2.45) is 17.8 Å². The molecule has 2 aliphatic carbocycles. The van der Waals surface area contributed by atoms with Crippen LogP contribution in [0.15, 0.2) is 24.3 Å². The van der Waals surface area contributed by atoms with E-state index in [2.05, 4.69) is 0 Å². The Kier molecular flexibility index (Phi) is 3.04. The first-order valence-corrected chi connectivity index (χ1v) is 6.69. The summed E-state index contributed by atoms with van der Waals surface area (Å²) in [5.74, 6) is 3.20. The van der Waals surface area contributed by atoms with E-state index in [9.17, 15) is 4.39 Å². The summed E-state index contributed by atoms with van der Waals surface area (Å²) in [4.78, 5) is 0. The highest BCUT2D eigenvalue weighted by atomic mass is 19.1. The second-order valence-electron chi connectivity index (χ2n) is 5.54. The minimum absolute atomic E-state index is 0.200. The smallest absolute Gasteiger partial charge is 0.123 e. The first-order valence-electron chi connectivity index (χ1n) is 6.69. The Labute approximate surface area is 102 Å². The molecule has 0 aliphatic heterocycles. The largest absolute Gasteiger partial charge is 0.493 e. The monoisotopic (exact) mass is 234 g/mol. The van der Waals surface area contributed by atoms with Gasteiger partial charge in [-0.2, -0.15) is 0 Å². The van der Waals surface area contributed by atoms with E-state index in [0.29, 0.717) is 0 Å². The van der Waals surface area contributed by atoms with Crippen molar-refractivity contribution in [2.45, 2.75) is 32.1 Å². The summed E-state index contributed by atoms with van der Waals surface area (Å²) in [6, 6.07) is 6.36. The van der Waals surface area contributed by atoms with Gasteiger partial charge in [0.15, 0.2) is 0 Å². The summed E-state index contributed by atoms with van der Waals surface area (Å²) in [7, 11) is 0. The highest BCUT2D eigenvalue weighted by Crippen LogP contribution is 2.45. The lowest BCUT2D eigenvalue weighted by Gasteiger charge is -2.28. The Morgan fingerprint density at radius 3 is 2.65 bits per heavy atom. The van der Waals surface area contributed by atoms with Crippen LogP contribution in [0.3, 0.4) is 0 Å². The Bertz CT molecular complexity index is 373. The predicted molar refractivity (Wildman–Crippen MR) is 65.5 cm³/mol. The summed E-state index contributed by atoms with van der Waals surface area (Å²) in [5.41, 5.74) is 0. The number of fused-ring (bicyclic) bond motifs is 2. The summed E-state index contributed by atoms with van der Waals surface area (Å²) < 4.78 is 18.5. The Balaban J connectivity index is 1.55. The predicted octanol–water partition coefficient (Wildman–Crippen LogP) is 4.03. The fraction of sp³-hybridized carbons (Fsp3) is 0.600. The van der Waals surface area contributed by atoms with Crippen LogP contribution in [0.2, 0.25) is 0 Å². The normalized spacial score (nSPS) is 31.5. The van der Waals surface area contributed by atoms with Crippen LogP contribution >= 0.6 is 0 Å². The lowest BCUT2D eigenvalue weighted by molar-refractivity contribution is 0.156. The maximum absolute atomic E-state index is 12.7. The van der Waals surface area contributed by atoms with Gasteiger partial charge in [0, 0.05) is 0 Å². The van der Waals surface area contributed by atoms with Crippen molar-refractivity contribution < 1.29 is 9.13 Å². The fourth-order valence-electron chi connectivity index (χ4n) is 3.44. The van der Waals surface area contributed by atoms with E-state index >= 15 is 0 Å². The molecule has 0 amide bonds. The van der Waals surface area contributed by atoms with Crippen LogP contribution in [-0.2, 0) is 0 Å². The minimum atomic E-state index is -0.200. The first kappa shape index (κ1) is 11.1. The van der Waals surface area contributed by atoms with Gasteiger partial charge in [0.1, 0.15) is 11.6 Å². The van der Waals surface area contributed by atoms with Gasteiger partial charge in [-0.3, -0.25) is 0 Å². The van der Waals surface area contributed by atoms with Gasteiger partial charge in [-0.05, 0) is 61.3 Å². The van der Waals surface area contributed by atoms with E-state index < -0.39 is 0 Å². The van der Waals surface area contributed by atoms with E-state index in [-0.39, 0.29) is 5.82 Å². The van der Waals surface area contributed by atoms with Crippen molar-refractivity contribution in [2.75, 3.05) is 6.61 Å². The van der Waals surface area contributed by atoms with Gasteiger partial charge in [0.25, 0.3) is 0 Å². The quantitative estimate of drug-likeness (QED) is 0.767. The Morgan fingerprint density at radius 2 is 1.82 bits per heavy atom. The molecule has 1 nitrogen and oxygen atoms in total. The van der Waals surface area contributed by atoms with Crippen molar-refractivity contribution in [3.63, 3.8) is 0 Å². The number of ether oxygens (including phenoxy) is 1. The molecule has 0 spiro atoms. The molecule has 2 bridgehead atoms. The molecular formula is C15H19FO. The summed E-state index contributed by atoms with van der Waals surface area (Å²) >= 11 is 0. The van der Waals surface area contributed by atoms with Crippen LogP contribution in [0.1, 0.15) is 32.1 Å². The lowest BCUT2D eigenvalue weighted by Crippen LogP contribution is -2.23. The van der Waals surface area contributed by atoms with Crippen LogP contribution in [0.25, 0.3) is 0 Å². The maximum atomic E-state index is 12.7. The molecule has 0 N–H and O–H groups in total. The molecule has 3 unspecified atom stereocenters. The molecule has 1 aromatic rings. The summed E-state index contributed by atoms with van der Waals surface area (Å²) in [5, 5.41) is 0. The van der Waals surface area contributed by atoms with Crippen LogP contribution in [0.5, 0.6) is 5.75 Å². The third kappa shape index (κ3) is 2.46. The van der Waals surface area contributed by atoms with E-state index in [1.165, 1.54) is 44.2 Å². The molecule has 2 heteroatoms. The molecule has 3 rings (SSSR count). The molecule has 0 heterocycles. The number of rotatable bonds is 3. The topological polar surface area (TPSA) is 9.23 Å². The van der Waals surface area contributed by atoms with Gasteiger partial charge in [-0.1, -0.05) is 12.8 Å². The fourth-order valence-corrected chi connectivity index (χ4v) is 3.44. The van der Waals surface area contributed by atoms with Crippen molar-refractivity contribution in [3.05, 3.63) is 30.1 Å². The SMILES string of the molecule is Fc1ccc(OCC2CCC3CCC2C3)cc1. The zero-order chi connectivity index (χ0) is 11.7. The molecule has 0 radical (unpaired) electrons. The molecule has 2 aliphatic rings. The van der Waals surface area contributed by atoms with E-state index in [4.69, 9.17) is 4.74 Å². The van der Waals surface area contributed by atoms with Crippen LogP contribution in [0, 0.1) is 23.6 Å². The zero-order valence-electron chi connectivity index (χ0n) is 10.1. The second-order valence-corrected chi connectivity index (χ2v) is 5.54.